The van der Waals surface area contributed by atoms with E-state index in [9.17, 15) is 8.42 Å². The Hall–Kier alpha value is -0.250. The molecule has 7 nitrogen and oxygen atoms in total. The van der Waals surface area contributed by atoms with E-state index in [0.717, 1.165) is 12.8 Å². The summed E-state index contributed by atoms with van der Waals surface area (Å²) in [5.74, 6) is 0.443. The normalized spacial score (nSPS) is 30.9. The SMILES string of the molecule is COC1CN(S(=O)(=O)N2CCC(CN)CC2)CC1OC. The first kappa shape index (κ1) is 16.1. The molecule has 0 aliphatic carbocycles. The molecule has 2 heterocycles. The van der Waals surface area contributed by atoms with Gasteiger partial charge in [-0.05, 0) is 25.3 Å². The number of hydrogen-bond acceptors (Lipinski definition) is 5. The van der Waals surface area contributed by atoms with Crippen LogP contribution in [0.4, 0.5) is 0 Å². The third kappa shape index (κ3) is 3.15. The molecule has 2 unspecified atom stereocenters. The van der Waals surface area contributed by atoms with Crippen molar-refractivity contribution in [3.05, 3.63) is 0 Å². The van der Waals surface area contributed by atoms with E-state index < -0.39 is 10.2 Å². The lowest BCUT2D eigenvalue weighted by atomic mass is 9.99. The molecular formula is C12H25N3O4S. The van der Waals surface area contributed by atoms with Crippen molar-refractivity contribution in [2.45, 2.75) is 25.0 Å². The van der Waals surface area contributed by atoms with Gasteiger partial charge in [0.25, 0.3) is 10.2 Å². The van der Waals surface area contributed by atoms with Crippen LogP contribution in [0.2, 0.25) is 0 Å². The van der Waals surface area contributed by atoms with Gasteiger partial charge in [-0.2, -0.15) is 17.0 Å². The van der Waals surface area contributed by atoms with Crippen molar-refractivity contribution in [1.82, 2.24) is 8.61 Å². The van der Waals surface area contributed by atoms with Crippen LogP contribution in [-0.2, 0) is 19.7 Å². The van der Waals surface area contributed by atoms with Gasteiger partial charge in [-0.3, -0.25) is 0 Å². The summed E-state index contributed by atoms with van der Waals surface area (Å²) in [7, 11) is -0.248. The van der Waals surface area contributed by atoms with Crippen LogP contribution in [-0.4, -0.2) is 76.2 Å². The maximum atomic E-state index is 12.6. The summed E-state index contributed by atoms with van der Waals surface area (Å²) >= 11 is 0. The highest BCUT2D eigenvalue weighted by atomic mass is 32.2. The molecule has 0 saturated carbocycles. The van der Waals surface area contributed by atoms with Gasteiger partial charge in [0, 0.05) is 40.4 Å². The Morgan fingerprint density at radius 1 is 1.05 bits per heavy atom. The van der Waals surface area contributed by atoms with Gasteiger partial charge in [0.15, 0.2) is 0 Å². The summed E-state index contributed by atoms with van der Waals surface area (Å²) in [6, 6.07) is 0. The molecule has 0 aromatic heterocycles. The van der Waals surface area contributed by atoms with Gasteiger partial charge in [0.1, 0.15) is 0 Å². The Balaban J connectivity index is 2.01. The number of nitrogens with two attached hydrogens (primary N) is 1. The molecule has 118 valence electrons. The number of ether oxygens (including phenoxy) is 2. The number of rotatable bonds is 5. The Morgan fingerprint density at radius 2 is 1.55 bits per heavy atom. The van der Waals surface area contributed by atoms with Crippen molar-refractivity contribution in [2.75, 3.05) is 46.9 Å². The number of methoxy groups -OCH3 is 2. The lowest BCUT2D eigenvalue weighted by Crippen LogP contribution is -2.47. The quantitative estimate of drug-likeness (QED) is 0.722. The topological polar surface area (TPSA) is 85.1 Å². The lowest BCUT2D eigenvalue weighted by Gasteiger charge is -2.33. The first-order valence-corrected chi connectivity index (χ1v) is 8.43. The third-order valence-corrected chi connectivity index (χ3v) is 6.32. The zero-order valence-electron chi connectivity index (χ0n) is 12.2. The predicted molar refractivity (Wildman–Crippen MR) is 75.4 cm³/mol. The maximum absolute atomic E-state index is 12.6. The first-order chi connectivity index (χ1) is 9.52. The zero-order chi connectivity index (χ0) is 14.8. The molecule has 0 aromatic carbocycles. The van der Waals surface area contributed by atoms with Crippen LogP contribution in [0.1, 0.15) is 12.8 Å². The summed E-state index contributed by atoms with van der Waals surface area (Å²) in [6.07, 6.45) is 1.28. The minimum absolute atomic E-state index is 0.198. The molecule has 2 saturated heterocycles. The summed E-state index contributed by atoms with van der Waals surface area (Å²) in [4.78, 5) is 0. The van der Waals surface area contributed by atoms with E-state index in [1.54, 1.807) is 18.5 Å². The monoisotopic (exact) mass is 307 g/mol. The van der Waals surface area contributed by atoms with E-state index >= 15 is 0 Å². The third-order valence-electron chi connectivity index (χ3n) is 4.35. The second-order valence-corrected chi connectivity index (χ2v) is 7.38. The van der Waals surface area contributed by atoms with E-state index in [4.69, 9.17) is 15.2 Å². The summed E-state index contributed by atoms with van der Waals surface area (Å²) in [5.41, 5.74) is 5.64. The summed E-state index contributed by atoms with van der Waals surface area (Å²) in [5, 5.41) is 0. The molecule has 2 fully saturated rings. The predicted octanol–water partition coefficient (Wildman–Crippen LogP) is -0.752. The molecule has 0 aromatic rings. The fourth-order valence-corrected chi connectivity index (χ4v) is 4.56. The number of hydrogen-bond donors (Lipinski definition) is 1. The summed E-state index contributed by atoms with van der Waals surface area (Å²) < 4.78 is 38.9. The minimum Gasteiger partial charge on any atom is -0.377 e. The van der Waals surface area contributed by atoms with Crippen molar-refractivity contribution in [3.8, 4) is 0 Å². The Bertz CT molecular complexity index is 397. The molecule has 2 aliphatic heterocycles. The van der Waals surface area contributed by atoms with E-state index in [1.807, 2.05) is 0 Å². The Morgan fingerprint density at radius 3 is 1.95 bits per heavy atom. The molecule has 0 amide bonds. The van der Waals surface area contributed by atoms with E-state index in [2.05, 4.69) is 0 Å². The van der Waals surface area contributed by atoms with Crippen LogP contribution in [0.25, 0.3) is 0 Å². The van der Waals surface area contributed by atoms with Gasteiger partial charge in [-0.15, -0.1) is 0 Å². The molecule has 0 radical (unpaired) electrons. The second-order valence-electron chi connectivity index (χ2n) is 5.45. The fraction of sp³-hybridized carbons (Fsp3) is 1.00. The van der Waals surface area contributed by atoms with Crippen molar-refractivity contribution in [3.63, 3.8) is 0 Å². The second kappa shape index (κ2) is 6.67. The largest absolute Gasteiger partial charge is 0.377 e. The first-order valence-electron chi connectivity index (χ1n) is 7.03. The van der Waals surface area contributed by atoms with Gasteiger partial charge in [-0.25, -0.2) is 0 Å². The molecule has 2 atom stereocenters. The van der Waals surface area contributed by atoms with Crippen molar-refractivity contribution in [2.24, 2.45) is 11.7 Å². The van der Waals surface area contributed by atoms with Crippen LogP contribution < -0.4 is 5.73 Å². The highest BCUT2D eigenvalue weighted by molar-refractivity contribution is 7.86. The van der Waals surface area contributed by atoms with Crippen LogP contribution >= 0.6 is 0 Å². The molecule has 2 aliphatic rings. The Labute approximate surface area is 121 Å². The average molecular weight is 307 g/mol. The van der Waals surface area contributed by atoms with Crippen molar-refractivity contribution >= 4 is 10.2 Å². The fourth-order valence-electron chi connectivity index (χ4n) is 2.89. The van der Waals surface area contributed by atoms with Crippen LogP contribution in [0.15, 0.2) is 0 Å². The average Bonchev–Trinajstić information content (AvgIpc) is 2.91. The molecule has 0 bridgehead atoms. The molecule has 20 heavy (non-hydrogen) atoms. The van der Waals surface area contributed by atoms with Crippen LogP contribution in [0.5, 0.6) is 0 Å². The number of nitrogens with zero attached hydrogens (tertiary/aromatic N) is 2. The highest BCUT2D eigenvalue weighted by Gasteiger charge is 2.42. The van der Waals surface area contributed by atoms with E-state index in [0.29, 0.717) is 38.6 Å². The van der Waals surface area contributed by atoms with E-state index in [-0.39, 0.29) is 12.2 Å². The molecule has 2 N–H and O–H groups in total. The zero-order valence-corrected chi connectivity index (χ0v) is 13.0. The molecule has 2 rings (SSSR count). The van der Waals surface area contributed by atoms with Gasteiger partial charge in [-0.1, -0.05) is 0 Å². The van der Waals surface area contributed by atoms with Crippen LogP contribution in [0.3, 0.4) is 0 Å². The molecule has 8 heteroatoms. The van der Waals surface area contributed by atoms with Crippen molar-refractivity contribution < 1.29 is 17.9 Å². The van der Waals surface area contributed by atoms with Crippen molar-refractivity contribution in [1.29, 1.82) is 0 Å². The van der Waals surface area contributed by atoms with Crippen LogP contribution in [0, 0.1) is 5.92 Å². The van der Waals surface area contributed by atoms with Gasteiger partial charge < -0.3 is 15.2 Å². The standard InChI is InChI=1S/C12H25N3O4S/c1-18-11-8-15(9-12(11)19-2)20(16,17)14-5-3-10(7-13)4-6-14/h10-12H,3-9,13H2,1-2H3. The number of piperidine rings is 1. The smallest absolute Gasteiger partial charge is 0.282 e. The highest BCUT2D eigenvalue weighted by Crippen LogP contribution is 2.25. The lowest BCUT2D eigenvalue weighted by molar-refractivity contribution is -0.00461. The molecule has 0 spiro atoms. The minimum atomic E-state index is -3.41. The molecular weight excluding hydrogens is 282 g/mol. The summed E-state index contributed by atoms with van der Waals surface area (Å²) in [6.45, 7) is 2.45. The Kier molecular flexibility index (Phi) is 5.38. The van der Waals surface area contributed by atoms with Gasteiger partial charge in [0.05, 0.1) is 12.2 Å². The van der Waals surface area contributed by atoms with Gasteiger partial charge >= 0.3 is 0 Å². The van der Waals surface area contributed by atoms with E-state index in [1.165, 1.54) is 4.31 Å². The van der Waals surface area contributed by atoms with Gasteiger partial charge in [0.2, 0.25) is 0 Å². The maximum Gasteiger partial charge on any atom is 0.282 e.